The molecule has 0 N–H and O–H groups in total. The van der Waals surface area contributed by atoms with Crippen LogP contribution in [0.1, 0.15) is 156 Å². The zero-order valence-corrected chi connectivity index (χ0v) is 44.3. The van der Waals surface area contributed by atoms with E-state index in [1.807, 2.05) is 0 Å². The zero-order chi connectivity index (χ0) is 49.2. The van der Waals surface area contributed by atoms with E-state index in [-0.39, 0.29) is 39.2 Å². The van der Waals surface area contributed by atoms with E-state index in [1.54, 1.807) is 0 Å². The maximum atomic E-state index is 7.00. The predicted molar refractivity (Wildman–Crippen MR) is 301 cm³/mol. The average molecular weight is 919 g/mol. The van der Waals surface area contributed by atoms with Crippen LogP contribution in [0.4, 0.5) is 34.1 Å². The van der Waals surface area contributed by atoms with Crippen LogP contribution in [0.2, 0.25) is 0 Å². The minimum atomic E-state index is -0.143. The second kappa shape index (κ2) is 14.8. The van der Waals surface area contributed by atoms with E-state index in [4.69, 9.17) is 4.42 Å². The lowest BCUT2D eigenvalue weighted by Crippen LogP contribution is -2.62. The van der Waals surface area contributed by atoms with Gasteiger partial charge in [0.1, 0.15) is 11.2 Å². The predicted octanol–water partition coefficient (Wildman–Crippen LogP) is 16.6. The van der Waals surface area contributed by atoms with E-state index in [0.29, 0.717) is 0 Å². The van der Waals surface area contributed by atoms with Gasteiger partial charge in [0, 0.05) is 44.8 Å². The third-order valence-corrected chi connectivity index (χ3v) is 17.7. The number of anilines is 6. The van der Waals surface area contributed by atoms with Gasteiger partial charge in [-0.25, -0.2) is 0 Å². The van der Waals surface area contributed by atoms with Gasteiger partial charge in [-0.1, -0.05) is 164 Å². The number of fused-ring (bicyclic) bond motifs is 9. The molecule has 0 saturated heterocycles. The molecule has 0 bridgehead atoms. The first-order valence-electron chi connectivity index (χ1n) is 26.2. The summed E-state index contributed by atoms with van der Waals surface area (Å²) in [7, 11) is 0. The molecule has 70 heavy (non-hydrogen) atoms. The minimum absolute atomic E-state index is 0.00543. The van der Waals surface area contributed by atoms with Crippen molar-refractivity contribution >= 4 is 79.2 Å². The van der Waals surface area contributed by atoms with Crippen LogP contribution in [0, 0.1) is 0 Å². The summed E-state index contributed by atoms with van der Waals surface area (Å²) in [4.78, 5) is 5.34. The molecule has 4 heteroatoms. The van der Waals surface area contributed by atoms with Crippen LogP contribution in [0.15, 0.2) is 132 Å². The van der Waals surface area contributed by atoms with Crippen LogP contribution in [0.3, 0.4) is 0 Å². The Morgan fingerprint density at radius 2 is 0.971 bits per heavy atom. The van der Waals surface area contributed by atoms with E-state index < -0.39 is 0 Å². The zero-order valence-electron chi connectivity index (χ0n) is 44.3. The molecule has 0 unspecified atom stereocenters. The monoisotopic (exact) mass is 919 g/mol. The molecular formula is C66H71BN2O. The normalized spacial score (nSPS) is 18.3. The highest BCUT2D eigenvalue weighted by molar-refractivity contribution is 7.00. The van der Waals surface area contributed by atoms with Gasteiger partial charge in [0.15, 0.2) is 0 Å². The van der Waals surface area contributed by atoms with Crippen LogP contribution in [-0.4, -0.2) is 6.71 Å². The molecule has 0 amide bonds. The first-order valence-corrected chi connectivity index (χ1v) is 26.2. The van der Waals surface area contributed by atoms with Crippen LogP contribution in [0.5, 0.6) is 0 Å². The Hall–Kier alpha value is -6.00. The van der Waals surface area contributed by atoms with Gasteiger partial charge in [-0.3, -0.25) is 0 Å². The molecule has 8 aromatic rings. The molecule has 12 rings (SSSR count). The molecule has 2 aliphatic heterocycles. The number of para-hydroxylation sites is 1. The van der Waals surface area contributed by atoms with Crippen molar-refractivity contribution < 1.29 is 4.42 Å². The minimum Gasteiger partial charge on any atom is -0.456 e. The van der Waals surface area contributed by atoms with Crippen molar-refractivity contribution in [2.75, 3.05) is 9.80 Å². The van der Waals surface area contributed by atoms with Gasteiger partial charge in [0.05, 0.1) is 5.69 Å². The van der Waals surface area contributed by atoms with Gasteiger partial charge in [-0.15, -0.1) is 0 Å². The van der Waals surface area contributed by atoms with Crippen molar-refractivity contribution in [3.8, 4) is 11.1 Å². The lowest BCUT2D eigenvalue weighted by atomic mass is 9.33. The van der Waals surface area contributed by atoms with Crippen molar-refractivity contribution in [2.45, 2.75) is 155 Å². The van der Waals surface area contributed by atoms with E-state index in [1.165, 1.54) is 113 Å². The average Bonchev–Trinajstić information content (AvgIpc) is 3.67. The lowest BCUT2D eigenvalue weighted by molar-refractivity contribution is 0.332. The summed E-state index contributed by atoms with van der Waals surface area (Å²) in [6, 6.07) is 49.8. The molecule has 2 aliphatic carbocycles. The summed E-state index contributed by atoms with van der Waals surface area (Å²) in [6.45, 7) is 33.8. The Labute approximate surface area is 418 Å². The first kappa shape index (κ1) is 45.2. The molecular weight excluding hydrogens is 848 g/mol. The molecule has 3 nitrogen and oxygen atoms in total. The molecule has 0 saturated carbocycles. The Morgan fingerprint density at radius 1 is 0.429 bits per heavy atom. The second-order valence-electron chi connectivity index (χ2n) is 26.4. The van der Waals surface area contributed by atoms with E-state index >= 15 is 0 Å². The molecule has 0 spiro atoms. The molecule has 354 valence electrons. The fourth-order valence-corrected chi connectivity index (χ4v) is 13.0. The highest BCUT2D eigenvalue weighted by Crippen LogP contribution is 2.54. The van der Waals surface area contributed by atoms with Gasteiger partial charge in [-0.2, -0.15) is 0 Å². The smallest absolute Gasteiger partial charge is 0.252 e. The van der Waals surface area contributed by atoms with Gasteiger partial charge in [-0.05, 0) is 174 Å². The maximum Gasteiger partial charge on any atom is 0.252 e. The van der Waals surface area contributed by atoms with E-state index in [2.05, 4.69) is 234 Å². The number of nitrogens with zero attached hydrogens (tertiary/aromatic N) is 2. The summed E-state index contributed by atoms with van der Waals surface area (Å²) in [6.07, 6.45) is 4.67. The highest BCUT2D eigenvalue weighted by Gasteiger charge is 2.48. The number of hydrogen-bond donors (Lipinski definition) is 0. The molecule has 0 fully saturated rings. The van der Waals surface area contributed by atoms with Crippen molar-refractivity contribution in [1.29, 1.82) is 0 Å². The van der Waals surface area contributed by atoms with Crippen molar-refractivity contribution in [1.82, 2.24) is 0 Å². The Kier molecular flexibility index (Phi) is 9.54. The van der Waals surface area contributed by atoms with Crippen molar-refractivity contribution in [3.63, 3.8) is 0 Å². The standard InChI is InChI=1S/C66H71BN2O/c1-61(2,3)41-24-27-58-45(32-41)46-36-54-52(39-59(46)70-58)67-51-37-49-50(66(13,14)31-30-65(49,11)12)38-55(51)68(43-25-26-47-48(35-43)64(9,10)29-28-63(47,7)8)56-33-42(62(4,5)6)34-57(60(56)67)69(54)53-23-19-18-22-44(53)40-20-16-15-17-21-40/h15-27,32-39H,28-31H2,1-14H3. The Morgan fingerprint density at radius 3 is 1.63 bits per heavy atom. The van der Waals surface area contributed by atoms with Crippen LogP contribution < -0.4 is 26.2 Å². The summed E-state index contributed by atoms with van der Waals surface area (Å²) in [5, 5.41) is 2.33. The first-order chi connectivity index (χ1) is 32.9. The number of furan rings is 1. The number of rotatable bonds is 3. The lowest BCUT2D eigenvalue weighted by Gasteiger charge is -2.48. The fraction of sp³-hybridized carbons (Fsp3) is 0.364. The quantitative estimate of drug-likeness (QED) is 0.165. The van der Waals surface area contributed by atoms with Gasteiger partial charge in [0.2, 0.25) is 0 Å². The molecule has 7 aromatic carbocycles. The summed E-state index contributed by atoms with van der Waals surface area (Å²) >= 11 is 0. The van der Waals surface area contributed by atoms with Crippen LogP contribution in [0.25, 0.3) is 33.1 Å². The Bertz CT molecular complexity index is 3480. The SMILES string of the molecule is CC(C)(C)c1cc2c3c(c1)N(c1ccccc1-c1ccccc1)c1cc4c(cc1B3c1cc3c(cc1N2c1ccc2c(c1)C(C)(C)CCC2(C)C)C(C)(C)CCC3(C)C)oc1ccc(C(C)(C)C)cc14. The summed E-state index contributed by atoms with van der Waals surface area (Å²) < 4.78 is 7.00. The summed E-state index contributed by atoms with van der Waals surface area (Å²) in [5.74, 6) is 0. The van der Waals surface area contributed by atoms with Gasteiger partial charge < -0.3 is 14.2 Å². The van der Waals surface area contributed by atoms with E-state index in [9.17, 15) is 0 Å². The maximum absolute atomic E-state index is 7.00. The molecule has 0 atom stereocenters. The third kappa shape index (κ3) is 6.74. The number of benzene rings is 7. The molecule has 0 radical (unpaired) electrons. The molecule has 4 aliphatic rings. The summed E-state index contributed by atoms with van der Waals surface area (Å²) in [5.41, 5.74) is 24.4. The topological polar surface area (TPSA) is 19.6 Å². The molecule has 1 aromatic heterocycles. The largest absolute Gasteiger partial charge is 0.456 e. The Balaban J connectivity index is 1.25. The second-order valence-corrected chi connectivity index (χ2v) is 26.4. The molecule has 3 heterocycles. The van der Waals surface area contributed by atoms with Crippen LogP contribution in [-0.2, 0) is 32.5 Å². The number of hydrogen-bond acceptors (Lipinski definition) is 3. The van der Waals surface area contributed by atoms with Crippen LogP contribution >= 0.6 is 0 Å². The highest BCUT2D eigenvalue weighted by atomic mass is 16.3. The van der Waals surface area contributed by atoms with E-state index in [0.717, 1.165) is 29.4 Å². The van der Waals surface area contributed by atoms with Gasteiger partial charge >= 0.3 is 0 Å². The fourth-order valence-electron chi connectivity index (χ4n) is 13.0. The van der Waals surface area contributed by atoms with Gasteiger partial charge in [0.25, 0.3) is 6.71 Å². The third-order valence-electron chi connectivity index (χ3n) is 17.7. The van der Waals surface area contributed by atoms with Crippen molar-refractivity contribution in [3.05, 3.63) is 161 Å². The van der Waals surface area contributed by atoms with Crippen molar-refractivity contribution in [2.24, 2.45) is 0 Å².